The smallest absolute Gasteiger partial charge is 0.350 e. The molecule has 1 aromatic rings. The summed E-state index contributed by atoms with van der Waals surface area (Å²) in [5, 5.41) is 11.1. The Balaban J connectivity index is 1.94. The first-order chi connectivity index (χ1) is 9.54. The molecule has 0 unspecified atom stereocenters. The Morgan fingerprint density at radius 2 is 2.10 bits per heavy atom. The van der Waals surface area contributed by atoms with Crippen LogP contribution in [0.1, 0.15) is 52.5 Å². The lowest BCUT2D eigenvalue weighted by Gasteiger charge is -2.31. The lowest BCUT2D eigenvalue weighted by Crippen LogP contribution is -2.37. The number of nitrogens with zero attached hydrogens (tertiary/aromatic N) is 1. The van der Waals surface area contributed by atoms with E-state index >= 15 is 0 Å². The Bertz CT molecular complexity index is 466. The van der Waals surface area contributed by atoms with Crippen LogP contribution in [0.5, 0.6) is 0 Å². The number of carbonyl (C=O) groups is 1. The molecule has 20 heavy (non-hydrogen) atoms. The van der Waals surface area contributed by atoms with Crippen molar-refractivity contribution in [2.45, 2.75) is 51.2 Å². The van der Waals surface area contributed by atoms with E-state index in [4.69, 9.17) is 9.47 Å². The first-order valence-electron chi connectivity index (χ1n) is 6.89. The molecule has 112 valence electrons. The maximum atomic E-state index is 12.1. The molecule has 0 atom stereocenters. The minimum absolute atomic E-state index is 0.0722. The quantitative estimate of drug-likeness (QED) is 0.846. The highest BCUT2D eigenvalue weighted by molar-refractivity contribution is 7.13. The van der Waals surface area contributed by atoms with Crippen LogP contribution in [0.15, 0.2) is 0 Å². The zero-order chi connectivity index (χ0) is 14.6. The monoisotopic (exact) mass is 299 g/mol. The van der Waals surface area contributed by atoms with E-state index in [0.717, 1.165) is 24.3 Å². The first-order valence-corrected chi connectivity index (χ1v) is 7.70. The van der Waals surface area contributed by atoms with Crippen molar-refractivity contribution >= 4 is 17.3 Å². The van der Waals surface area contributed by atoms with Crippen molar-refractivity contribution in [3.63, 3.8) is 0 Å². The van der Waals surface area contributed by atoms with Crippen LogP contribution in [0.3, 0.4) is 0 Å². The van der Waals surface area contributed by atoms with Gasteiger partial charge in [-0.3, -0.25) is 0 Å². The number of ether oxygens (including phenoxy) is 2. The maximum absolute atomic E-state index is 12.1. The molecule has 1 aromatic heterocycles. The number of methoxy groups -OCH3 is 1. The van der Waals surface area contributed by atoms with Crippen LogP contribution >= 0.6 is 11.3 Å². The lowest BCUT2D eigenvalue weighted by molar-refractivity contribution is -0.0534. The zero-order valence-corrected chi connectivity index (χ0v) is 12.8. The molecule has 1 saturated carbocycles. The van der Waals surface area contributed by atoms with E-state index in [1.807, 2.05) is 0 Å². The largest absolute Gasteiger partial charge is 0.458 e. The number of hydrogen-bond donors (Lipinski definition) is 1. The van der Waals surface area contributed by atoms with E-state index in [2.05, 4.69) is 4.98 Å². The van der Waals surface area contributed by atoms with E-state index in [0.29, 0.717) is 30.0 Å². The van der Waals surface area contributed by atoms with Crippen LogP contribution in [0.2, 0.25) is 0 Å². The summed E-state index contributed by atoms with van der Waals surface area (Å²) >= 11 is 1.29. The molecule has 0 radical (unpaired) electrons. The number of rotatable bonds is 5. The van der Waals surface area contributed by atoms with Gasteiger partial charge in [0, 0.05) is 7.11 Å². The molecule has 5 nitrogen and oxygen atoms in total. The van der Waals surface area contributed by atoms with Crippen molar-refractivity contribution in [2.24, 2.45) is 0 Å². The standard InChI is InChI=1S/C14H21NO4S/c1-10-12(20-11(15-10)8-18-2)13(16)19-9-14(17)6-4-3-5-7-14/h17H,3-9H2,1-2H3. The number of aliphatic hydroxyl groups is 1. The van der Waals surface area contributed by atoms with Crippen LogP contribution in [0, 0.1) is 6.92 Å². The topological polar surface area (TPSA) is 68.7 Å². The molecular weight excluding hydrogens is 278 g/mol. The lowest BCUT2D eigenvalue weighted by atomic mass is 9.86. The Labute approximate surface area is 122 Å². The molecule has 0 spiro atoms. The van der Waals surface area contributed by atoms with Gasteiger partial charge in [-0.25, -0.2) is 9.78 Å². The molecule has 0 saturated heterocycles. The Morgan fingerprint density at radius 3 is 2.75 bits per heavy atom. The van der Waals surface area contributed by atoms with Crippen molar-refractivity contribution in [3.8, 4) is 0 Å². The Morgan fingerprint density at radius 1 is 1.40 bits per heavy atom. The van der Waals surface area contributed by atoms with Crippen LogP contribution in [0.25, 0.3) is 0 Å². The van der Waals surface area contributed by atoms with Gasteiger partial charge in [0.05, 0.1) is 17.9 Å². The normalized spacial score (nSPS) is 17.9. The van der Waals surface area contributed by atoms with Gasteiger partial charge in [0.1, 0.15) is 16.5 Å². The summed E-state index contributed by atoms with van der Waals surface area (Å²) < 4.78 is 10.3. The molecule has 1 aliphatic rings. The summed E-state index contributed by atoms with van der Waals surface area (Å²) in [7, 11) is 1.59. The Hall–Kier alpha value is -0.980. The molecule has 0 bridgehead atoms. The van der Waals surface area contributed by atoms with E-state index in [-0.39, 0.29) is 6.61 Å². The third-order valence-corrected chi connectivity index (χ3v) is 4.66. The van der Waals surface area contributed by atoms with Crippen molar-refractivity contribution in [1.82, 2.24) is 4.98 Å². The van der Waals surface area contributed by atoms with Gasteiger partial charge in [0.15, 0.2) is 0 Å². The third-order valence-electron chi connectivity index (χ3n) is 3.55. The highest BCUT2D eigenvalue weighted by Gasteiger charge is 2.31. The second-order valence-electron chi connectivity index (χ2n) is 5.32. The number of hydrogen-bond acceptors (Lipinski definition) is 6. The number of aromatic nitrogens is 1. The maximum Gasteiger partial charge on any atom is 0.350 e. The predicted octanol–water partition coefficient (Wildman–Crippen LogP) is 2.45. The molecule has 1 heterocycles. The minimum atomic E-state index is -0.845. The summed E-state index contributed by atoms with van der Waals surface area (Å²) in [6.45, 7) is 2.24. The van der Waals surface area contributed by atoms with E-state index in [9.17, 15) is 9.90 Å². The summed E-state index contributed by atoms with van der Waals surface area (Å²) in [6.07, 6.45) is 4.54. The van der Waals surface area contributed by atoms with Gasteiger partial charge in [-0.1, -0.05) is 19.3 Å². The van der Waals surface area contributed by atoms with Gasteiger partial charge in [-0.05, 0) is 19.8 Å². The van der Waals surface area contributed by atoms with Crippen molar-refractivity contribution in [3.05, 3.63) is 15.6 Å². The number of aryl methyl sites for hydroxylation is 1. The summed E-state index contributed by atoms with van der Waals surface area (Å²) in [5.74, 6) is -0.402. The number of carbonyl (C=O) groups excluding carboxylic acids is 1. The van der Waals surface area contributed by atoms with E-state index in [1.54, 1.807) is 14.0 Å². The van der Waals surface area contributed by atoms with Gasteiger partial charge in [-0.15, -0.1) is 11.3 Å². The zero-order valence-electron chi connectivity index (χ0n) is 12.0. The third kappa shape index (κ3) is 3.77. The van der Waals surface area contributed by atoms with Crippen molar-refractivity contribution in [1.29, 1.82) is 0 Å². The van der Waals surface area contributed by atoms with Crippen LogP contribution in [-0.4, -0.2) is 35.4 Å². The predicted molar refractivity (Wildman–Crippen MR) is 75.9 cm³/mol. The fourth-order valence-electron chi connectivity index (χ4n) is 2.45. The van der Waals surface area contributed by atoms with Crippen LogP contribution in [-0.2, 0) is 16.1 Å². The molecule has 1 N–H and O–H groups in total. The molecule has 0 aliphatic heterocycles. The summed E-state index contributed by atoms with van der Waals surface area (Å²) in [6, 6.07) is 0. The molecule has 2 rings (SSSR count). The average Bonchev–Trinajstić information content (AvgIpc) is 2.78. The highest BCUT2D eigenvalue weighted by atomic mass is 32.1. The fourth-order valence-corrected chi connectivity index (χ4v) is 3.38. The molecule has 1 aliphatic carbocycles. The average molecular weight is 299 g/mol. The first kappa shape index (κ1) is 15.4. The van der Waals surface area contributed by atoms with Gasteiger partial charge in [0.2, 0.25) is 0 Å². The summed E-state index contributed by atoms with van der Waals surface area (Å²) in [5.41, 5.74) is -0.190. The van der Waals surface area contributed by atoms with Crippen LogP contribution in [0.4, 0.5) is 0 Å². The number of esters is 1. The summed E-state index contributed by atoms with van der Waals surface area (Å²) in [4.78, 5) is 16.8. The van der Waals surface area contributed by atoms with Gasteiger partial charge in [-0.2, -0.15) is 0 Å². The van der Waals surface area contributed by atoms with Gasteiger partial charge < -0.3 is 14.6 Å². The SMILES string of the molecule is COCc1nc(C)c(C(=O)OCC2(O)CCCCC2)s1. The molecular formula is C14H21NO4S. The molecule has 1 fully saturated rings. The fraction of sp³-hybridized carbons (Fsp3) is 0.714. The minimum Gasteiger partial charge on any atom is -0.458 e. The van der Waals surface area contributed by atoms with Crippen molar-refractivity contribution in [2.75, 3.05) is 13.7 Å². The van der Waals surface area contributed by atoms with E-state index in [1.165, 1.54) is 11.3 Å². The van der Waals surface area contributed by atoms with Crippen LogP contribution < -0.4 is 0 Å². The number of thiazole rings is 1. The second kappa shape index (κ2) is 6.65. The molecule has 0 aromatic carbocycles. The second-order valence-corrected chi connectivity index (χ2v) is 6.40. The van der Waals surface area contributed by atoms with E-state index < -0.39 is 11.6 Å². The molecule has 6 heteroatoms. The van der Waals surface area contributed by atoms with Crippen molar-refractivity contribution < 1.29 is 19.4 Å². The highest BCUT2D eigenvalue weighted by Crippen LogP contribution is 2.29. The van der Waals surface area contributed by atoms with Gasteiger partial charge >= 0.3 is 5.97 Å². The molecule has 0 amide bonds. The van der Waals surface area contributed by atoms with Gasteiger partial charge in [0.25, 0.3) is 0 Å². The Kier molecular flexibility index (Phi) is 5.12.